The van der Waals surface area contributed by atoms with Gasteiger partial charge in [0.25, 0.3) is 10.1 Å². The van der Waals surface area contributed by atoms with Crippen molar-refractivity contribution in [2.24, 2.45) is 0 Å². The lowest BCUT2D eigenvalue weighted by Gasteiger charge is -2.08. The number of unbranched alkanes of at least 4 members (excludes halogenated alkanes) is 10. The van der Waals surface area contributed by atoms with Gasteiger partial charge in [-0.3, -0.25) is 4.18 Å². The molecule has 0 heterocycles. The van der Waals surface area contributed by atoms with Gasteiger partial charge in [0.15, 0.2) is 0 Å². The summed E-state index contributed by atoms with van der Waals surface area (Å²) >= 11 is 0. The Hall–Kier alpha value is -1.07. The molecule has 0 radical (unpaired) electrons. The summed E-state index contributed by atoms with van der Waals surface area (Å²) in [5.41, 5.74) is 0. The molecule has 0 bridgehead atoms. The molecule has 0 saturated carbocycles. The molecule has 0 aromatic heterocycles. The highest BCUT2D eigenvalue weighted by Crippen LogP contribution is 2.12. The highest BCUT2D eigenvalue weighted by atomic mass is 32.2. The van der Waals surface area contributed by atoms with Crippen molar-refractivity contribution in [3.8, 4) is 0 Å². The van der Waals surface area contributed by atoms with Crippen molar-refractivity contribution in [1.82, 2.24) is 0 Å². The molecule has 1 aromatic carbocycles. The third kappa shape index (κ3) is 21.8. The number of hydrogen-bond acceptors (Lipinski definition) is 8. The Morgan fingerprint density at radius 3 is 1.29 bits per heavy atom. The topological polar surface area (TPSA) is 89.5 Å². The van der Waals surface area contributed by atoms with Gasteiger partial charge in [0.1, 0.15) is 0 Å². The van der Waals surface area contributed by atoms with Crippen LogP contribution in [-0.2, 0) is 38.0 Å². The first-order valence-electron chi connectivity index (χ1n) is 14.5. The maximum Gasteiger partial charge on any atom is 0.297 e. The van der Waals surface area contributed by atoms with Gasteiger partial charge < -0.3 is 23.7 Å². The van der Waals surface area contributed by atoms with Gasteiger partial charge in [0, 0.05) is 6.61 Å². The van der Waals surface area contributed by atoms with Gasteiger partial charge in [-0.25, -0.2) is 0 Å². The van der Waals surface area contributed by atoms with Crippen LogP contribution in [0.5, 0.6) is 0 Å². The summed E-state index contributed by atoms with van der Waals surface area (Å²) in [4.78, 5) is 0.136. The van der Waals surface area contributed by atoms with Crippen LogP contribution in [0.4, 0.5) is 0 Å². The third-order valence-corrected chi connectivity index (χ3v) is 7.20. The molecule has 1 aromatic rings. The molecular formula is C29H52O8S. The molecule has 38 heavy (non-hydrogen) atoms. The Kier molecular flexibility index (Phi) is 24.1. The zero-order valence-corrected chi connectivity index (χ0v) is 24.4. The van der Waals surface area contributed by atoms with Gasteiger partial charge in [-0.05, 0) is 18.6 Å². The van der Waals surface area contributed by atoms with Crippen molar-refractivity contribution >= 4 is 10.1 Å². The number of ether oxygens (including phenoxy) is 5. The second-order valence-electron chi connectivity index (χ2n) is 9.19. The highest BCUT2D eigenvalue weighted by Gasteiger charge is 2.13. The lowest BCUT2D eigenvalue weighted by molar-refractivity contribution is -0.0127. The first-order chi connectivity index (χ1) is 18.7. The van der Waals surface area contributed by atoms with Crippen LogP contribution in [-0.4, -0.2) is 81.1 Å². The second kappa shape index (κ2) is 26.2. The van der Waals surface area contributed by atoms with Crippen LogP contribution < -0.4 is 0 Å². The van der Waals surface area contributed by atoms with Crippen molar-refractivity contribution in [3.63, 3.8) is 0 Å². The van der Waals surface area contributed by atoms with Crippen LogP contribution in [0.3, 0.4) is 0 Å². The van der Waals surface area contributed by atoms with Crippen molar-refractivity contribution in [2.75, 3.05) is 72.7 Å². The molecule has 0 amide bonds. The maximum absolute atomic E-state index is 11.9. The summed E-state index contributed by atoms with van der Waals surface area (Å²) in [6.45, 7) is 7.20. The first-order valence-corrected chi connectivity index (χ1v) is 15.9. The summed E-state index contributed by atoms with van der Waals surface area (Å²) in [5, 5.41) is 0. The largest absolute Gasteiger partial charge is 0.379 e. The van der Waals surface area contributed by atoms with E-state index in [2.05, 4.69) is 6.92 Å². The zero-order chi connectivity index (χ0) is 27.4. The molecule has 0 N–H and O–H groups in total. The van der Waals surface area contributed by atoms with Crippen molar-refractivity contribution in [1.29, 1.82) is 0 Å². The second-order valence-corrected chi connectivity index (χ2v) is 10.8. The average Bonchev–Trinajstić information content (AvgIpc) is 2.93. The number of hydrogen-bond donors (Lipinski definition) is 0. The molecule has 0 aliphatic rings. The van der Waals surface area contributed by atoms with E-state index in [9.17, 15) is 8.42 Å². The number of benzene rings is 1. The van der Waals surface area contributed by atoms with Gasteiger partial charge in [-0.2, -0.15) is 8.42 Å². The quantitative estimate of drug-likeness (QED) is 0.0899. The van der Waals surface area contributed by atoms with Crippen LogP contribution in [0.15, 0.2) is 35.2 Å². The Bertz CT molecular complexity index is 715. The minimum Gasteiger partial charge on any atom is -0.379 e. The molecule has 9 heteroatoms. The van der Waals surface area contributed by atoms with E-state index in [0.717, 1.165) is 13.0 Å². The molecule has 0 aliphatic carbocycles. The van der Waals surface area contributed by atoms with E-state index in [1.165, 1.54) is 76.3 Å². The summed E-state index contributed by atoms with van der Waals surface area (Å²) in [7, 11) is -3.73. The lowest BCUT2D eigenvalue weighted by atomic mass is 10.1. The van der Waals surface area contributed by atoms with Crippen molar-refractivity contribution in [2.45, 2.75) is 82.4 Å². The van der Waals surface area contributed by atoms with Gasteiger partial charge in [-0.15, -0.1) is 0 Å². The van der Waals surface area contributed by atoms with E-state index in [1.807, 2.05) is 0 Å². The smallest absolute Gasteiger partial charge is 0.297 e. The third-order valence-electron chi connectivity index (χ3n) is 5.88. The predicted molar refractivity (Wildman–Crippen MR) is 150 cm³/mol. The SMILES string of the molecule is CCCCCCCCCCCCCOCCOCCOCCOCCOCCOS(=O)(=O)c1ccccc1. The molecular weight excluding hydrogens is 508 g/mol. The van der Waals surface area contributed by atoms with Crippen LogP contribution in [0.25, 0.3) is 0 Å². The summed E-state index contributed by atoms with van der Waals surface area (Å²) < 4.78 is 56.2. The van der Waals surface area contributed by atoms with E-state index >= 15 is 0 Å². The van der Waals surface area contributed by atoms with E-state index in [-0.39, 0.29) is 18.1 Å². The first kappa shape index (κ1) is 35.0. The fourth-order valence-corrected chi connectivity index (χ4v) is 4.62. The van der Waals surface area contributed by atoms with Crippen LogP contribution in [0, 0.1) is 0 Å². The fourth-order valence-electron chi connectivity index (χ4n) is 3.71. The Morgan fingerprint density at radius 2 is 0.842 bits per heavy atom. The minimum atomic E-state index is -3.73. The average molecular weight is 561 g/mol. The molecule has 222 valence electrons. The van der Waals surface area contributed by atoms with Crippen LogP contribution in [0.1, 0.15) is 77.6 Å². The van der Waals surface area contributed by atoms with Gasteiger partial charge in [0.2, 0.25) is 0 Å². The Morgan fingerprint density at radius 1 is 0.474 bits per heavy atom. The van der Waals surface area contributed by atoms with E-state index < -0.39 is 10.1 Å². The normalized spacial score (nSPS) is 11.8. The van der Waals surface area contributed by atoms with Gasteiger partial charge in [0.05, 0.1) is 71.0 Å². The van der Waals surface area contributed by atoms with E-state index in [1.54, 1.807) is 18.2 Å². The Balaban J connectivity index is 1.70. The summed E-state index contributed by atoms with van der Waals surface area (Å²) in [5.74, 6) is 0. The molecule has 0 fully saturated rings. The zero-order valence-electron chi connectivity index (χ0n) is 23.6. The minimum absolute atomic E-state index is 0.0370. The van der Waals surface area contributed by atoms with Crippen LogP contribution in [0.2, 0.25) is 0 Å². The predicted octanol–water partition coefficient (Wildman–Crippen LogP) is 5.79. The fraction of sp³-hybridized carbons (Fsp3) is 0.793. The van der Waals surface area contributed by atoms with E-state index in [4.69, 9.17) is 27.9 Å². The van der Waals surface area contributed by atoms with Gasteiger partial charge >= 0.3 is 0 Å². The molecule has 1 rings (SSSR count). The molecule has 0 unspecified atom stereocenters. The van der Waals surface area contributed by atoms with Crippen molar-refractivity contribution < 1.29 is 36.3 Å². The Labute approximate surface area is 231 Å². The molecule has 8 nitrogen and oxygen atoms in total. The summed E-state index contributed by atoms with van der Waals surface area (Å²) in [6, 6.07) is 8.04. The van der Waals surface area contributed by atoms with Gasteiger partial charge in [-0.1, -0.05) is 89.3 Å². The lowest BCUT2D eigenvalue weighted by Crippen LogP contribution is -2.15. The molecule has 0 spiro atoms. The highest BCUT2D eigenvalue weighted by molar-refractivity contribution is 7.86. The standard InChI is InChI=1S/C29H52O8S/c1-2-3-4-5-6-7-8-9-10-11-15-18-32-19-20-33-21-22-34-23-24-35-25-26-36-27-28-37-38(30,31)29-16-13-12-14-17-29/h12-14,16-17H,2-11,15,18-28H2,1H3. The number of rotatable bonds is 29. The van der Waals surface area contributed by atoms with E-state index in [0.29, 0.717) is 52.9 Å². The molecule has 0 atom stereocenters. The van der Waals surface area contributed by atoms with Crippen molar-refractivity contribution in [3.05, 3.63) is 30.3 Å². The molecule has 0 aliphatic heterocycles. The summed E-state index contributed by atoms with van der Waals surface area (Å²) in [6.07, 6.45) is 14.8. The maximum atomic E-state index is 11.9. The van der Waals surface area contributed by atoms with Crippen LogP contribution >= 0.6 is 0 Å². The molecule has 0 saturated heterocycles. The monoisotopic (exact) mass is 560 g/mol.